The van der Waals surface area contributed by atoms with Gasteiger partial charge in [-0.1, -0.05) is 12.1 Å². The Hall–Kier alpha value is -2.60. The molecule has 1 aliphatic heterocycles. The fourth-order valence-corrected chi connectivity index (χ4v) is 2.68. The smallest absolute Gasteiger partial charge is 0.256 e. The van der Waals surface area contributed by atoms with E-state index in [1.165, 1.54) is 7.11 Å². The van der Waals surface area contributed by atoms with E-state index in [0.29, 0.717) is 18.7 Å². The van der Waals surface area contributed by atoms with Crippen LogP contribution in [0.3, 0.4) is 0 Å². The molecular formula is C17H19N3O3. The van der Waals surface area contributed by atoms with Crippen molar-refractivity contribution in [2.75, 3.05) is 26.8 Å². The predicted molar refractivity (Wildman–Crippen MR) is 85.5 cm³/mol. The number of methoxy groups -OCH3 is 1. The van der Waals surface area contributed by atoms with E-state index in [2.05, 4.69) is 5.32 Å². The van der Waals surface area contributed by atoms with E-state index in [1.54, 1.807) is 4.90 Å². The summed E-state index contributed by atoms with van der Waals surface area (Å²) < 4.78 is 6.70. The number of carbonyl (C=O) groups is 2. The Kier molecular flexibility index (Phi) is 4.43. The molecule has 0 bridgehead atoms. The van der Waals surface area contributed by atoms with Crippen LogP contribution in [0, 0.1) is 0 Å². The molecule has 1 saturated heterocycles. The molecule has 1 aromatic heterocycles. The number of ether oxygens (including phenoxy) is 1. The van der Waals surface area contributed by atoms with Gasteiger partial charge in [-0.05, 0) is 24.3 Å². The molecule has 0 spiro atoms. The zero-order valence-corrected chi connectivity index (χ0v) is 12.9. The number of nitrogens with zero attached hydrogens (tertiary/aromatic N) is 2. The maximum absolute atomic E-state index is 12.7. The fourth-order valence-electron chi connectivity index (χ4n) is 2.68. The molecule has 0 atom stereocenters. The van der Waals surface area contributed by atoms with Crippen molar-refractivity contribution in [3.05, 3.63) is 54.4 Å². The zero-order valence-electron chi connectivity index (χ0n) is 12.9. The topological polar surface area (TPSA) is 63.6 Å². The summed E-state index contributed by atoms with van der Waals surface area (Å²) in [5.74, 6) is -0.177. The minimum absolute atomic E-state index is 0.000315. The standard InChI is InChI=1S/C17H19N3O3/c1-23-12-16(21)18-13-10-20(11-13)17(22)14-6-2-3-7-15(14)19-8-4-5-9-19/h2-9,13H,10-12H2,1H3,(H,18,21). The van der Waals surface area contributed by atoms with E-state index in [0.717, 1.165) is 5.69 Å². The first kappa shape index (κ1) is 15.3. The van der Waals surface area contributed by atoms with Crippen LogP contribution in [0.2, 0.25) is 0 Å². The van der Waals surface area contributed by atoms with Crippen LogP contribution in [0.5, 0.6) is 0 Å². The Balaban J connectivity index is 1.66. The van der Waals surface area contributed by atoms with Gasteiger partial charge in [0, 0.05) is 32.6 Å². The Morgan fingerprint density at radius 1 is 1.17 bits per heavy atom. The number of amides is 2. The Morgan fingerprint density at radius 3 is 2.57 bits per heavy atom. The summed E-state index contributed by atoms with van der Waals surface area (Å²) in [6, 6.07) is 11.4. The fraction of sp³-hybridized carbons (Fsp3) is 0.294. The summed E-state index contributed by atoms with van der Waals surface area (Å²) in [6.07, 6.45) is 3.83. The van der Waals surface area contributed by atoms with Crippen molar-refractivity contribution in [2.45, 2.75) is 6.04 Å². The molecule has 1 N–H and O–H groups in total. The molecule has 0 radical (unpaired) electrons. The van der Waals surface area contributed by atoms with Crippen molar-refractivity contribution in [2.24, 2.45) is 0 Å². The average molecular weight is 313 g/mol. The monoisotopic (exact) mass is 313 g/mol. The van der Waals surface area contributed by atoms with Gasteiger partial charge in [-0.25, -0.2) is 0 Å². The Bertz CT molecular complexity index is 691. The highest BCUT2D eigenvalue weighted by molar-refractivity contribution is 5.98. The number of hydrogen-bond acceptors (Lipinski definition) is 3. The van der Waals surface area contributed by atoms with Crippen molar-refractivity contribution in [3.8, 4) is 5.69 Å². The second kappa shape index (κ2) is 6.66. The molecule has 1 aromatic carbocycles. The van der Waals surface area contributed by atoms with E-state index >= 15 is 0 Å². The molecule has 1 fully saturated rings. The van der Waals surface area contributed by atoms with Crippen molar-refractivity contribution >= 4 is 11.8 Å². The first-order valence-corrected chi connectivity index (χ1v) is 7.49. The Labute approximate surface area is 134 Å². The van der Waals surface area contributed by atoms with Crippen LogP contribution in [0.4, 0.5) is 0 Å². The van der Waals surface area contributed by atoms with Crippen LogP contribution >= 0.6 is 0 Å². The molecule has 0 unspecified atom stereocenters. The van der Waals surface area contributed by atoms with Gasteiger partial charge in [0.15, 0.2) is 0 Å². The molecule has 6 nitrogen and oxygen atoms in total. The number of rotatable bonds is 5. The average Bonchev–Trinajstić information content (AvgIpc) is 3.04. The van der Waals surface area contributed by atoms with Crippen LogP contribution in [-0.4, -0.2) is 54.1 Å². The summed E-state index contributed by atoms with van der Waals surface area (Å²) in [4.78, 5) is 25.9. The third-order valence-corrected chi connectivity index (χ3v) is 3.83. The number of nitrogens with one attached hydrogen (secondary N) is 1. The summed E-state index contributed by atoms with van der Waals surface area (Å²) >= 11 is 0. The third kappa shape index (κ3) is 3.27. The SMILES string of the molecule is COCC(=O)NC1CN(C(=O)c2ccccc2-n2cccc2)C1. The van der Waals surface area contributed by atoms with E-state index in [4.69, 9.17) is 4.74 Å². The zero-order chi connectivity index (χ0) is 16.2. The highest BCUT2D eigenvalue weighted by atomic mass is 16.5. The van der Waals surface area contributed by atoms with Gasteiger partial charge in [-0.15, -0.1) is 0 Å². The summed E-state index contributed by atoms with van der Waals surface area (Å²) in [5.41, 5.74) is 1.51. The van der Waals surface area contributed by atoms with Gasteiger partial charge in [-0.3, -0.25) is 9.59 Å². The van der Waals surface area contributed by atoms with Crippen LogP contribution in [-0.2, 0) is 9.53 Å². The molecule has 1 aliphatic rings. The van der Waals surface area contributed by atoms with Crippen LogP contribution in [0.1, 0.15) is 10.4 Å². The summed E-state index contributed by atoms with van der Waals surface area (Å²) in [5, 5.41) is 2.83. The highest BCUT2D eigenvalue weighted by Gasteiger charge is 2.33. The van der Waals surface area contributed by atoms with Gasteiger partial charge in [0.25, 0.3) is 5.91 Å². The molecule has 2 aromatic rings. The highest BCUT2D eigenvalue weighted by Crippen LogP contribution is 2.20. The van der Waals surface area contributed by atoms with Gasteiger partial charge < -0.3 is 19.5 Å². The molecule has 120 valence electrons. The summed E-state index contributed by atoms with van der Waals surface area (Å²) in [7, 11) is 1.48. The maximum atomic E-state index is 12.7. The largest absolute Gasteiger partial charge is 0.375 e. The first-order chi connectivity index (χ1) is 11.2. The number of hydrogen-bond donors (Lipinski definition) is 1. The summed E-state index contributed by atoms with van der Waals surface area (Å²) in [6.45, 7) is 1.09. The van der Waals surface area contributed by atoms with Crippen molar-refractivity contribution < 1.29 is 14.3 Å². The van der Waals surface area contributed by atoms with Crippen LogP contribution in [0.15, 0.2) is 48.8 Å². The quantitative estimate of drug-likeness (QED) is 0.898. The predicted octanol–water partition coefficient (Wildman–Crippen LogP) is 1.06. The third-order valence-electron chi connectivity index (χ3n) is 3.83. The number of para-hydroxylation sites is 1. The first-order valence-electron chi connectivity index (χ1n) is 7.49. The van der Waals surface area contributed by atoms with Gasteiger partial charge >= 0.3 is 0 Å². The van der Waals surface area contributed by atoms with Gasteiger partial charge in [0.2, 0.25) is 5.91 Å². The van der Waals surface area contributed by atoms with Crippen molar-refractivity contribution in [3.63, 3.8) is 0 Å². The van der Waals surface area contributed by atoms with E-state index in [1.807, 2.05) is 53.4 Å². The van der Waals surface area contributed by atoms with Gasteiger partial charge in [-0.2, -0.15) is 0 Å². The van der Waals surface area contributed by atoms with E-state index < -0.39 is 0 Å². The Morgan fingerprint density at radius 2 is 1.87 bits per heavy atom. The lowest BCUT2D eigenvalue weighted by atomic mass is 10.1. The maximum Gasteiger partial charge on any atom is 0.256 e. The molecule has 3 rings (SSSR count). The van der Waals surface area contributed by atoms with E-state index in [-0.39, 0.29) is 24.5 Å². The molecule has 6 heteroatoms. The molecule has 0 saturated carbocycles. The normalized spacial score (nSPS) is 14.4. The molecule has 0 aliphatic carbocycles. The van der Waals surface area contributed by atoms with Crippen LogP contribution in [0.25, 0.3) is 5.69 Å². The lowest BCUT2D eigenvalue weighted by Crippen LogP contribution is -2.61. The lowest BCUT2D eigenvalue weighted by molar-refractivity contribution is -0.126. The molecule has 2 heterocycles. The number of aromatic nitrogens is 1. The van der Waals surface area contributed by atoms with Crippen molar-refractivity contribution in [1.82, 2.24) is 14.8 Å². The number of likely N-dealkylation sites (tertiary alicyclic amines) is 1. The second-order valence-electron chi connectivity index (χ2n) is 5.52. The van der Waals surface area contributed by atoms with Gasteiger partial charge in [0.05, 0.1) is 17.3 Å². The van der Waals surface area contributed by atoms with Gasteiger partial charge in [0.1, 0.15) is 6.61 Å². The van der Waals surface area contributed by atoms with Crippen molar-refractivity contribution in [1.29, 1.82) is 0 Å². The minimum atomic E-state index is -0.155. The number of carbonyl (C=O) groups excluding carboxylic acids is 2. The number of benzene rings is 1. The minimum Gasteiger partial charge on any atom is -0.375 e. The van der Waals surface area contributed by atoms with Crippen LogP contribution < -0.4 is 5.32 Å². The van der Waals surface area contributed by atoms with E-state index in [9.17, 15) is 9.59 Å². The second-order valence-corrected chi connectivity index (χ2v) is 5.52. The molecule has 2 amide bonds. The molecule has 23 heavy (non-hydrogen) atoms. The molecular weight excluding hydrogens is 294 g/mol. The lowest BCUT2D eigenvalue weighted by Gasteiger charge is -2.39.